The molecular formula is C17H15N3S. The number of benzene rings is 2. The Hall–Kier alpha value is -2.46. The smallest absolute Gasteiger partial charge is 0.104 e. The zero-order chi connectivity index (χ0) is 14.8. The molecule has 1 heterocycles. The fraction of sp³-hybridized carbons (Fsp3) is 0.0588. The van der Waals surface area contributed by atoms with Crippen molar-refractivity contribution in [2.24, 2.45) is 5.73 Å². The number of nitrogens with two attached hydrogens (primary N) is 1. The van der Waals surface area contributed by atoms with Crippen molar-refractivity contribution in [3.8, 4) is 0 Å². The van der Waals surface area contributed by atoms with Crippen LogP contribution in [-0.2, 0) is 0 Å². The molecule has 0 saturated carbocycles. The van der Waals surface area contributed by atoms with Crippen molar-refractivity contribution in [2.75, 3.05) is 5.32 Å². The predicted molar refractivity (Wildman–Crippen MR) is 92.1 cm³/mol. The van der Waals surface area contributed by atoms with Gasteiger partial charge in [-0.2, -0.15) is 0 Å². The number of aromatic nitrogens is 1. The van der Waals surface area contributed by atoms with Crippen molar-refractivity contribution >= 4 is 39.4 Å². The van der Waals surface area contributed by atoms with Crippen molar-refractivity contribution in [3.63, 3.8) is 0 Å². The lowest BCUT2D eigenvalue weighted by Gasteiger charge is -2.13. The maximum absolute atomic E-state index is 5.81. The molecule has 3 aromatic rings. The Labute approximate surface area is 128 Å². The molecule has 3 nitrogen and oxygen atoms in total. The third-order valence-corrected chi connectivity index (χ3v) is 3.72. The molecule has 1 aromatic heterocycles. The summed E-state index contributed by atoms with van der Waals surface area (Å²) in [6.45, 7) is 2.05. The van der Waals surface area contributed by atoms with Crippen molar-refractivity contribution in [3.05, 3.63) is 66.0 Å². The summed E-state index contributed by atoms with van der Waals surface area (Å²) in [4.78, 5) is 4.58. The number of pyridine rings is 1. The first-order chi connectivity index (χ1) is 10.2. The largest absolute Gasteiger partial charge is 0.389 e. The number of rotatable bonds is 3. The zero-order valence-electron chi connectivity index (χ0n) is 11.6. The van der Waals surface area contributed by atoms with Crippen LogP contribution in [0, 0.1) is 6.92 Å². The lowest BCUT2D eigenvalue weighted by molar-refractivity contribution is 1.28. The molecule has 0 radical (unpaired) electrons. The van der Waals surface area contributed by atoms with E-state index in [1.165, 1.54) is 0 Å². The second kappa shape index (κ2) is 5.50. The number of thiocarbonyl (C=S) groups is 1. The standard InChI is InChI=1S/C17H15N3S/c1-11-8-9-19-10-16(11)20-15-7-6-14(17(18)21)12-4-2-3-5-13(12)15/h2-10,20H,1H3,(H2,18,21). The molecule has 4 heteroatoms. The minimum absolute atomic E-state index is 0.412. The van der Waals surface area contributed by atoms with Crippen LogP contribution in [0.5, 0.6) is 0 Å². The summed E-state index contributed by atoms with van der Waals surface area (Å²) in [5.74, 6) is 0. The molecule has 0 spiro atoms. The first-order valence-electron chi connectivity index (χ1n) is 6.66. The highest BCUT2D eigenvalue weighted by atomic mass is 32.1. The van der Waals surface area contributed by atoms with Crippen molar-refractivity contribution in [2.45, 2.75) is 6.92 Å². The summed E-state index contributed by atoms with van der Waals surface area (Å²) < 4.78 is 0. The van der Waals surface area contributed by atoms with Crippen LogP contribution in [0.4, 0.5) is 11.4 Å². The van der Waals surface area contributed by atoms with Crippen LogP contribution in [-0.4, -0.2) is 9.97 Å². The quantitative estimate of drug-likeness (QED) is 0.719. The zero-order valence-corrected chi connectivity index (χ0v) is 12.4. The lowest BCUT2D eigenvalue weighted by atomic mass is 10.0. The molecule has 3 N–H and O–H groups in total. The van der Waals surface area contributed by atoms with Gasteiger partial charge in [-0.1, -0.05) is 36.5 Å². The van der Waals surface area contributed by atoms with E-state index in [2.05, 4.69) is 23.3 Å². The Bertz CT molecular complexity index is 827. The molecule has 21 heavy (non-hydrogen) atoms. The Morgan fingerprint density at radius 2 is 1.81 bits per heavy atom. The summed E-state index contributed by atoms with van der Waals surface area (Å²) in [6.07, 6.45) is 3.61. The molecule has 0 aliphatic rings. The highest BCUT2D eigenvalue weighted by Gasteiger charge is 2.08. The predicted octanol–water partition coefficient (Wildman–Crippen LogP) is 3.92. The number of aryl methyl sites for hydroxylation is 1. The van der Waals surface area contributed by atoms with Gasteiger partial charge in [0.2, 0.25) is 0 Å². The molecule has 104 valence electrons. The fourth-order valence-corrected chi connectivity index (χ4v) is 2.54. The van der Waals surface area contributed by atoms with E-state index in [-0.39, 0.29) is 0 Å². The molecule has 0 atom stereocenters. The molecule has 0 unspecified atom stereocenters. The van der Waals surface area contributed by atoms with E-state index in [4.69, 9.17) is 18.0 Å². The number of nitrogens with one attached hydrogen (secondary N) is 1. The topological polar surface area (TPSA) is 50.9 Å². The molecule has 0 aliphatic carbocycles. The first-order valence-corrected chi connectivity index (χ1v) is 7.07. The van der Waals surface area contributed by atoms with Crippen LogP contribution in [0.25, 0.3) is 10.8 Å². The molecular weight excluding hydrogens is 278 g/mol. The molecule has 0 aliphatic heterocycles. The minimum atomic E-state index is 0.412. The van der Waals surface area contributed by atoms with Crippen LogP contribution >= 0.6 is 12.2 Å². The maximum atomic E-state index is 5.81. The third kappa shape index (κ3) is 2.58. The van der Waals surface area contributed by atoms with Crippen LogP contribution in [0.2, 0.25) is 0 Å². The van der Waals surface area contributed by atoms with Gasteiger partial charge in [0, 0.05) is 22.8 Å². The van der Waals surface area contributed by atoms with Gasteiger partial charge in [0.1, 0.15) is 4.99 Å². The second-order valence-electron chi connectivity index (χ2n) is 4.89. The van der Waals surface area contributed by atoms with Crippen molar-refractivity contribution in [1.29, 1.82) is 0 Å². The maximum Gasteiger partial charge on any atom is 0.104 e. The van der Waals surface area contributed by atoms with Crippen molar-refractivity contribution < 1.29 is 0 Å². The van der Waals surface area contributed by atoms with Gasteiger partial charge in [-0.25, -0.2) is 0 Å². The van der Waals surface area contributed by atoms with Gasteiger partial charge in [-0.3, -0.25) is 4.98 Å². The summed E-state index contributed by atoms with van der Waals surface area (Å²) in [5.41, 5.74) is 9.86. The summed E-state index contributed by atoms with van der Waals surface area (Å²) in [5, 5.41) is 5.58. The number of hydrogen-bond donors (Lipinski definition) is 2. The Balaban J connectivity index is 2.14. The second-order valence-corrected chi connectivity index (χ2v) is 5.33. The van der Waals surface area contributed by atoms with E-state index < -0.39 is 0 Å². The molecule has 2 aromatic carbocycles. The molecule has 0 amide bonds. The molecule has 0 fully saturated rings. The number of hydrogen-bond acceptors (Lipinski definition) is 3. The summed E-state index contributed by atoms with van der Waals surface area (Å²) >= 11 is 5.13. The van der Waals surface area contributed by atoms with Crippen LogP contribution in [0.3, 0.4) is 0 Å². The van der Waals surface area contributed by atoms with Gasteiger partial charge in [0.05, 0.1) is 11.9 Å². The number of fused-ring (bicyclic) bond motifs is 1. The van der Waals surface area contributed by atoms with Gasteiger partial charge < -0.3 is 11.1 Å². The van der Waals surface area contributed by atoms with Crippen LogP contribution in [0.15, 0.2) is 54.9 Å². The Kier molecular flexibility index (Phi) is 3.54. The molecule has 0 bridgehead atoms. The van der Waals surface area contributed by atoms with Crippen LogP contribution in [0.1, 0.15) is 11.1 Å². The van der Waals surface area contributed by atoms with Gasteiger partial charge in [-0.05, 0) is 36.1 Å². The lowest BCUT2D eigenvalue weighted by Crippen LogP contribution is -2.10. The van der Waals surface area contributed by atoms with Crippen LogP contribution < -0.4 is 11.1 Å². The van der Waals surface area contributed by atoms with Gasteiger partial charge in [0.15, 0.2) is 0 Å². The Morgan fingerprint density at radius 3 is 2.52 bits per heavy atom. The normalized spacial score (nSPS) is 10.5. The highest BCUT2D eigenvalue weighted by Crippen LogP contribution is 2.29. The number of nitrogens with zero attached hydrogens (tertiary/aromatic N) is 1. The average Bonchev–Trinajstić information content (AvgIpc) is 2.49. The summed E-state index contributed by atoms with van der Waals surface area (Å²) in [6, 6.07) is 14.0. The van der Waals surface area contributed by atoms with Gasteiger partial charge >= 0.3 is 0 Å². The highest BCUT2D eigenvalue weighted by molar-refractivity contribution is 7.80. The first kappa shape index (κ1) is 13.5. The SMILES string of the molecule is Cc1ccncc1Nc1ccc(C(N)=S)c2ccccc12. The average molecular weight is 293 g/mol. The van der Waals surface area contributed by atoms with Gasteiger partial charge in [-0.15, -0.1) is 0 Å². The van der Waals surface area contributed by atoms with E-state index in [1.807, 2.05) is 42.6 Å². The molecule has 3 rings (SSSR count). The fourth-order valence-electron chi connectivity index (χ4n) is 2.36. The number of anilines is 2. The van der Waals surface area contributed by atoms with E-state index in [1.54, 1.807) is 6.20 Å². The summed E-state index contributed by atoms with van der Waals surface area (Å²) in [7, 11) is 0. The van der Waals surface area contributed by atoms with Crippen molar-refractivity contribution in [1.82, 2.24) is 4.98 Å². The van der Waals surface area contributed by atoms with E-state index in [0.717, 1.165) is 33.3 Å². The van der Waals surface area contributed by atoms with E-state index >= 15 is 0 Å². The Morgan fingerprint density at radius 1 is 1.05 bits per heavy atom. The molecule has 0 saturated heterocycles. The minimum Gasteiger partial charge on any atom is -0.389 e. The van der Waals surface area contributed by atoms with E-state index in [9.17, 15) is 0 Å². The monoisotopic (exact) mass is 293 g/mol. The van der Waals surface area contributed by atoms with E-state index in [0.29, 0.717) is 4.99 Å². The third-order valence-electron chi connectivity index (χ3n) is 3.50. The van der Waals surface area contributed by atoms with Gasteiger partial charge in [0.25, 0.3) is 0 Å².